The van der Waals surface area contributed by atoms with E-state index in [1.54, 1.807) is 0 Å². The first-order chi connectivity index (χ1) is 6.63. The van der Waals surface area contributed by atoms with Gasteiger partial charge in [0, 0.05) is 6.54 Å². The third-order valence-corrected chi connectivity index (χ3v) is 2.36. The van der Waals surface area contributed by atoms with Crippen LogP contribution in [0.1, 0.15) is 27.7 Å². The molecular formula is C13H23N. The topological polar surface area (TPSA) is 3.24 Å². The summed E-state index contributed by atoms with van der Waals surface area (Å²) in [6, 6.07) is 0. The summed E-state index contributed by atoms with van der Waals surface area (Å²) in [7, 11) is 0. The molecule has 0 spiro atoms. The highest BCUT2D eigenvalue weighted by Crippen LogP contribution is 2.01. The zero-order chi connectivity index (χ0) is 11.0. The Morgan fingerprint density at radius 1 is 1.21 bits per heavy atom. The lowest BCUT2D eigenvalue weighted by Crippen LogP contribution is -2.24. The second kappa shape index (κ2) is 7.57. The van der Waals surface area contributed by atoms with E-state index in [0.717, 1.165) is 19.6 Å². The van der Waals surface area contributed by atoms with Gasteiger partial charge in [-0.2, -0.15) is 0 Å². The van der Waals surface area contributed by atoms with Gasteiger partial charge in [-0.05, 0) is 32.5 Å². The summed E-state index contributed by atoms with van der Waals surface area (Å²) in [6.45, 7) is 15.7. The number of hydrogen-bond acceptors (Lipinski definition) is 1. The van der Waals surface area contributed by atoms with E-state index in [0.29, 0.717) is 0 Å². The van der Waals surface area contributed by atoms with Crippen molar-refractivity contribution in [2.45, 2.75) is 27.7 Å². The van der Waals surface area contributed by atoms with Crippen molar-refractivity contribution < 1.29 is 0 Å². The van der Waals surface area contributed by atoms with Gasteiger partial charge in [0.05, 0.1) is 0 Å². The lowest BCUT2D eigenvalue weighted by atomic mass is 10.2. The molecular weight excluding hydrogens is 170 g/mol. The van der Waals surface area contributed by atoms with Crippen LogP contribution in [0.3, 0.4) is 0 Å². The van der Waals surface area contributed by atoms with Crippen LogP contribution < -0.4 is 0 Å². The van der Waals surface area contributed by atoms with Crippen LogP contribution in [0.5, 0.6) is 0 Å². The summed E-state index contributed by atoms with van der Waals surface area (Å²) in [4.78, 5) is 2.36. The van der Waals surface area contributed by atoms with Crippen molar-refractivity contribution in [1.82, 2.24) is 4.90 Å². The Bertz CT molecular complexity index is 219. The average molecular weight is 193 g/mol. The molecule has 0 aromatic rings. The Morgan fingerprint density at radius 3 is 2.21 bits per heavy atom. The van der Waals surface area contributed by atoms with Crippen molar-refractivity contribution in [2.24, 2.45) is 0 Å². The molecule has 0 bridgehead atoms. The average Bonchev–Trinajstić information content (AvgIpc) is 2.22. The maximum Gasteiger partial charge on any atom is 0.0227 e. The Morgan fingerprint density at radius 2 is 1.79 bits per heavy atom. The lowest BCUT2D eigenvalue weighted by Gasteiger charge is -2.17. The Labute approximate surface area is 88.8 Å². The molecule has 0 aliphatic rings. The van der Waals surface area contributed by atoms with Gasteiger partial charge in [0.1, 0.15) is 0 Å². The molecule has 0 saturated carbocycles. The van der Waals surface area contributed by atoms with Crippen molar-refractivity contribution in [2.75, 3.05) is 19.6 Å². The van der Waals surface area contributed by atoms with Crippen molar-refractivity contribution in [1.29, 1.82) is 0 Å². The highest BCUT2D eigenvalue weighted by Gasteiger charge is 1.98. The van der Waals surface area contributed by atoms with Crippen LogP contribution in [-0.4, -0.2) is 24.5 Å². The van der Waals surface area contributed by atoms with Gasteiger partial charge in [0.2, 0.25) is 0 Å². The van der Waals surface area contributed by atoms with E-state index in [1.165, 1.54) is 11.1 Å². The molecule has 0 aromatic heterocycles. The van der Waals surface area contributed by atoms with Gasteiger partial charge >= 0.3 is 0 Å². The van der Waals surface area contributed by atoms with Crippen LogP contribution >= 0.6 is 0 Å². The molecule has 0 atom stereocenters. The van der Waals surface area contributed by atoms with E-state index in [2.05, 4.69) is 50.5 Å². The van der Waals surface area contributed by atoms with Gasteiger partial charge in [-0.15, -0.1) is 0 Å². The highest BCUT2D eigenvalue weighted by molar-refractivity contribution is 5.25. The zero-order valence-electron chi connectivity index (χ0n) is 10.0. The van der Waals surface area contributed by atoms with Crippen LogP contribution in [0, 0.1) is 0 Å². The Kier molecular flexibility index (Phi) is 7.13. The third-order valence-electron chi connectivity index (χ3n) is 2.36. The first-order valence-corrected chi connectivity index (χ1v) is 5.35. The molecule has 0 unspecified atom stereocenters. The van der Waals surface area contributed by atoms with Gasteiger partial charge in [-0.1, -0.05) is 44.2 Å². The maximum absolute atomic E-state index is 4.04. The molecule has 0 N–H and O–H groups in total. The summed E-state index contributed by atoms with van der Waals surface area (Å²) in [6.07, 6.45) is 6.32. The fraction of sp³-hybridized carbons (Fsp3) is 0.538. The maximum atomic E-state index is 4.04. The molecule has 0 radical (unpaired) electrons. The summed E-state index contributed by atoms with van der Waals surface area (Å²) < 4.78 is 0. The van der Waals surface area contributed by atoms with E-state index in [-0.39, 0.29) is 0 Å². The molecule has 80 valence electrons. The van der Waals surface area contributed by atoms with Crippen molar-refractivity contribution in [3.05, 3.63) is 36.0 Å². The van der Waals surface area contributed by atoms with Crippen LogP contribution in [0.4, 0.5) is 0 Å². The van der Waals surface area contributed by atoms with Crippen LogP contribution in [0.25, 0.3) is 0 Å². The fourth-order valence-corrected chi connectivity index (χ4v) is 1.13. The summed E-state index contributed by atoms with van der Waals surface area (Å²) in [5, 5.41) is 0. The highest BCUT2D eigenvalue weighted by atomic mass is 15.1. The van der Waals surface area contributed by atoms with Gasteiger partial charge in [0.25, 0.3) is 0 Å². The molecule has 14 heavy (non-hydrogen) atoms. The quantitative estimate of drug-likeness (QED) is 0.584. The zero-order valence-corrected chi connectivity index (χ0v) is 10.0. The molecule has 1 nitrogen and oxygen atoms in total. The van der Waals surface area contributed by atoms with Crippen LogP contribution in [0.15, 0.2) is 36.0 Å². The normalized spacial score (nSPS) is 12.8. The summed E-state index contributed by atoms with van der Waals surface area (Å²) in [5.41, 5.74) is 2.46. The Hall–Kier alpha value is -0.820. The molecule has 0 saturated heterocycles. The monoisotopic (exact) mass is 193 g/mol. The SMILES string of the molecule is C=C(/C=C\C(C)=C/C)CN(CC)CC. The molecule has 0 aromatic carbocycles. The molecule has 0 aliphatic heterocycles. The van der Waals surface area contributed by atoms with E-state index in [9.17, 15) is 0 Å². The minimum absolute atomic E-state index is 0.973. The largest absolute Gasteiger partial charge is 0.300 e. The molecule has 1 heteroatoms. The van der Waals surface area contributed by atoms with E-state index < -0.39 is 0 Å². The van der Waals surface area contributed by atoms with Crippen molar-refractivity contribution in [3.8, 4) is 0 Å². The van der Waals surface area contributed by atoms with Crippen LogP contribution in [0.2, 0.25) is 0 Å². The number of rotatable bonds is 6. The molecule has 0 aliphatic carbocycles. The van der Waals surface area contributed by atoms with Gasteiger partial charge in [0.15, 0.2) is 0 Å². The first kappa shape index (κ1) is 13.2. The van der Waals surface area contributed by atoms with E-state index in [1.807, 2.05) is 6.92 Å². The molecule has 0 heterocycles. The number of hydrogen-bond donors (Lipinski definition) is 0. The summed E-state index contributed by atoms with van der Waals surface area (Å²) in [5.74, 6) is 0. The van der Waals surface area contributed by atoms with Gasteiger partial charge in [-0.3, -0.25) is 4.90 Å². The molecule has 0 rings (SSSR count). The first-order valence-electron chi connectivity index (χ1n) is 5.35. The number of allylic oxidation sites excluding steroid dienone is 3. The number of likely N-dealkylation sites (N-methyl/N-ethyl adjacent to an activating group) is 1. The van der Waals surface area contributed by atoms with Gasteiger partial charge < -0.3 is 0 Å². The van der Waals surface area contributed by atoms with E-state index >= 15 is 0 Å². The second-order valence-electron chi connectivity index (χ2n) is 3.49. The molecule has 0 fully saturated rings. The van der Waals surface area contributed by atoms with Crippen molar-refractivity contribution >= 4 is 0 Å². The predicted molar refractivity (Wildman–Crippen MR) is 65.5 cm³/mol. The third kappa shape index (κ3) is 5.76. The molecule has 0 amide bonds. The van der Waals surface area contributed by atoms with E-state index in [4.69, 9.17) is 0 Å². The lowest BCUT2D eigenvalue weighted by molar-refractivity contribution is 0.332. The minimum Gasteiger partial charge on any atom is -0.300 e. The summed E-state index contributed by atoms with van der Waals surface area (Å²) >= 11 is 0. The fourth-order valence-electron chi connectivity index (χ4n) is 1.13. The van der Waals surface area contributed by atoms with Crippen LogP contribution in [-0.2, 0) is 0 Å². The Balaban J connectivity index is 4.03. The second-order valence-corrected chi connectivity index (χ2v) is 3.49. The minimum atomic E-state index is 0.973. The predicted octanol–water partition coefficient (Wildman–Crippen LogP) is 3.41. The standard InChI is InChI=1S/C13H23N/c1-6-12(4)9-10-13(5)11-14(7-2)8-3/h6,9-10H,5,7-8,11H2,1-4H3/b10-9-,12-6-. The van der Waals surface area contributed by atoms with Gasteiger partial charge in [-0.25, -0.2) is 0 Å². The van der Waals surface area contributed by atoms with Crippen molar-refractivity contribution in [3.63, 3.8) is 0 Å². The smallest absolute Gasteiger partial charge is 0.0227 e. The number of nitrogens with zero attached hydrogens (tertiary/aromatic N) is 1.